The van der Waals surface area contributed by atoms with Crippen LogP contribution in [-0.4, -0.2) is 23.8 Å². The van der Waals surface area contributed by atoms with Gasteiger partial charge in [0.15, 0.2) is 5.78 Å². The number of ether oxygens (including phenoxy) is 1. The third kappa shape index (κ3) is 2.47. The first-order valence-corrected chi connectivity index (χ1v) is 6.98. The smallest absolute Gasteiger partial charge is 0.258 e. The largest absolute Gasteiger partial charge is 0.497 e. The van der Waals surface area contributed by atoms with Crippen molar-refractivity contribution in [2.75, 3.05) is 12.4 Å². The summed E-state index contributed by atoms with van der Waals surface area (Å²) in [5.74, 6) is -0.784. The van der Waals surface area contributed by atoms with Gasteiger partial charge in [0.25, 0.3) is 5.91 Å². The van der Waals surface area contributed by atoms with Crippen LogP contribution in [0.15, 0.2) is 24.4 Å². The van der Waals surface area contributed by atoms with Gasteiger partial charge >= 0.3 is 0 Å². The van der Waals surface area contributed by atoms with Gasteiger partial charge in [-0.05, 0) is 25.0 Å². The van der Waals surface area contributed by atoms with Gasteiger partial charge in [-0.25, -0.2) is 4.39 Å². The average molecular weight is 302 g/mol. The third-order valence-corrected chi connectivity index (χ3v) is 3.74. The molecule has 0 atom stereocenters. The Labute approximate surface area is 126 Å². The SMILES string of the molecule is COc1ccc(NC(=O)c2c[nH]c3c2C(=O)CCC3)c(F)c1. The number of nitrogens with one attached hydrogen (secondary N) is 2. The van der Waals surface area contributed by atoms with E-state index in [-0.39, 0.29) is 17.0 Å². The maximum Gasteiger partial charge on any atom is 0.258 e. The fourth-order valence-corrected chi connectivity index (χ4v) is 2.63. The molecule has 3 rings (SSSR count). The van der Waals surface area contributed by atoms with Crippen LogP contribution in [0, 0.1) is 5.82 Å². The number of aromatic amines is 1. The second-order valence-corrected chi connectivity index (χ2v) is 5.13. The highest BCUT2D eigenvalue weighted by atomic mass is 19.1. The number of halogens is 1. The summed E-state index contributed by atoms with van der Waals surface area (Å²) < 4.78 is 18.8. The standard InChI is InChI=1S/C16H15FN2O3/c1-22-9-5-6-12(11(17)7-9)19-16(21)10-8-18-13-3-2-4-14(20)15(10)13/h5-8,18H,2-4H2,1H3,(H,19,21). The van der Waals surface area contributed by atoms with Crippen molar-refractivity contribution in [2.24, 2.45) is 0 Å². The first-order valence-electron chi connectivity index (χ1n) is 6.98. The zero-order valence-corrected chi connectivity index (χ0v) is 12.0. The van der Waals surface area contributed by atoms with E-state index >= 15 is 0 Å². The fourth-order valence-electron chi connectivity index (χ4n) is 2.63. The molecule has 1 aromatic heterocycles. The van der Waals surface area contributed by atoms with Gasteiger partial charge in [0, 0.05) is 24.4 Å². The van der Waals surface area contributed by atoms with Gasteiger partial charge in [-0.2, -0.15) is 0 Å². The Kier molecular flexibility index (Phi) is 3.66. The number of H-pyrrole nitrogens is 1. The number of aromatic nitrogens is 1. The van der Waals surface area contributed by atoms with Crippen LogP contribution in [-0.2, 0) is 6.42 Å². The fraction of sp³-hybridized carbons (Fsp3) is 0.250. The molecule has 1 heterocycles. The average Bonchev–Trinajstić information content (AvgIpc) is 2.94. The van der Waals surface area contributed by atoms with Crippen molar-refractivity contribution in [3.05, 3.63) is 47.0 Å². The number of hydrogen-bond acceptors (Lipinski definition) is 3. The molecule has 0 bridgehead atoms. The number of benzene rings is 1. The molecule has 1 aromatic carbocycles. The highest BCUT2D eigenvalue weighted by Crippen LogP contribution is 2.26. The van der Waals surface area contributed by atoms with Gasteiger partial charge in [-0.15, -0.1) is 0 Å². The van der Waals surface area contributed by atoms with Crippen molar-refractivity contribution in [1.82, 2.24) is 4.98 Å². The molecule has 2 aromatic rings. The molecular formula is C16H15FN2O3. The third-order valence-electron chi connectivity index (χ3n) is 3.74. The van der Waals surface area contributed by atoms with Crippen molar-refractivity contribution in [3.63, 3.8) is 0 Å². The molecule has 0 saturated heterocycles. The molecule has 1 amide bonds. The number of anilines is 1. The molecule has 2 N–H and O–H groups in total. The second-order valence-electron chi connectivity index (χ2n) is 5.13. The van der Waals surface area contributed by atoms with Gasteiger partial charge in [-0.1, -0.05) is 0 Å². The Morgan fingerprint density at radius 2 is 2.18 bits per heavy atom. The van der Waals surface area contributed by atoms with Gasteiger partial charge < -0.3 is 15.0 Å². The minimum Gasteiger partial charge on any atom is -0.497 e. The lowest BCUT2D eigenvalue weighted by molar-refractivity contribution is 0.0956. The molecule has 0 aliphatic heterocycles. The zero-order valence-electron chi connectivity index (χ0n) is 12.0. The summed E-state index contributed by atoms with van der Waals surface area (Å²) in [5.41, 5.74) is 1.51. The highest BCUT2D eigenvalue weighted by molar-refractivity contribution is 6.13. The van der Waals surface area contributed by atoms with Crippen LogP contribution < -0.4 is 10.1 Å². The van der Waals surface area contributed by atoms with E-state index in [0.29, 0.717) is 17.7 Å². The predicted molar refractivity (Wildman–Crippen MR) is 79.0 cm³/mol. The molecule has 22 heavy (non-hydrogen) atoms. The van der Waals surface area contributed by atoms with E-state index in [2.05, 4.69) is 10.3 Å². The molecule has 0 radical (unpaired) electrons. The molecular weight excluding hydrogens is 287 g/mol. The van der Waals surface area contributed by atoms with Gasteiger partial charge in [-0.3, -0.25) is 9.59 Å². The van der Waals surface area contributed by atoms with Crippen molar-refractivity contribution >= 4 is 17.4 Å². The quantitative estimate of drug-likeness (QED) is 0.915. The number of ketones is 1. The second kappa shape index (κ2) is 5.63. The number of methoxy groups -OCH3 is 1. The highest BCUT2D eigenvalue weighted by Gasteiger charge is 2.26. The van der Waals surface area contributed by atoms with E-state index in [1.165, 1.54) is 25.4 Å². The summed E-state index contributed by atoms with van der Waals surface area (Å²) in [6.45, 7) is 0. The summed E-state index contributed by atoms with van der Waals surface area (Å²) >= 11 is 0. The first-order chi connectivity index (χ1) is 10.6. The van der Waals surface area contributed by atoms with Gasteiger partial charge in [0.05, 0.1) is 23.9 Å². The molecule has 0 fully saturated rings. The maximum absolute atomic E-state index is 13.9. The Morgan fingerprint density at radius 1 is 1.36 bits per heavy atom. The number of rotatable bonds is 3. The number of carbonyl (C=O) groups is 2. The summed E-state index contributed by atoms with van der Waals surface area (Å²) in [5, 5.41) is 2.49. The lowest BCUT2D eigenvalue weighted by Crippen LogP contribution is -2.18. The Morgan fingerprint density at radius 3 is 2.91 bits per heavy atom. The van der Waals surface area contributed by atoms with Crippen LogP contribution in [0.3, 0.4) is 0 Å². The first kappa shape index (κ1) is 14.3. The molecule has 0 spiro atoms. The van der Waals surface area contributed by atoms with E-state index in [9.17, 15) is 14.0 Å². The Bertz CT molecular complexity index is 752. The normalized spacial score (nSPS) is 13.6. The minimum atomic E-state index is -0.594. The molecule has 0 unspecified atom stereocenters. The Hall–Kier alpha value is -2.63. The lowest BCUT2D eigenvalue weighted by Gasteiger charge is -2.12. The van der Waals surface area contributed by atoms with Crippen LogP contribution in [0.4, 0.5) is 10.1 Å². The van der Waals surface area contributed by atoms with E-state index in [1.54, 1.807) is 6.07 Å². The van der Waals surface area contributed by atoms with Gasteiger partial charge in [0.1, 0.15) is 11.6 Å². The monoisotopic (exact) mass is 302 g/mol. The molecule has 1 aliphatic carbocycles. The number of hydrogen-bond donors (Lipinski definition) is 2. The van der Waals surface area contributed by atoms with E-state index in [0.717, 1.165) is 18.5 Å². The minimum absolute atomic E-state index is 0.0454. The van der Waals surface area contributed by atoms with E-state index in [1.807, 2.05) is 0 Å². The van der Waals surface area contributed by atoms with Crippen molar-refractivity contribution < 1.29 is 18.7 Å². The van der Waals surface area contributed by atoms with Crippen LogP contribution in [0.2, 0.25) is 0 Å². The summed E-state index contributed by atoms with van der Waals surface area (Å²) in [6.07, 6.45) is 3.46. The predicted octanol–water partition coefficient (Wildman–Crippen LogP) is 2.93. The van der Waals surface area contributed by atoms with Crippen molar-refractivity contribution in [1.29, 1.82) is 0 Å². The summed E-state index contributed by atoms with van der Waals surface area (Å²) in [7, 11) is 1.44. The van der Waals surface area contributed by atoms with E-state index < -0.39 is 11.7 Å². The summed E-state index contributed by atoms with van der Waals surface area (Å²) in [6, 6.07) is 4.16. The summed E-state index contributed by atoms with van der Waals surface area (Å²) in [4.78, 5) is 27.3. The molecule has 5 nitrogen and oxygen atoms in total. The molecule has 0 saturated carbocycles. The number of aryl methyl sites for hydroxylation is 1. The van der Waals surface area contributed by atoms with E-state index in [4.69, 9.17) is 4.74 Å². The van der Waals surface area contributed by atoms with Crippen molar-refractivity contribution in [3.8, 4) is 5.75 Å². The van der Waals surface area contributed by atoms with Crippen LogP contribution in [0.5, 0.6) is 5.75 Å². The van der Waals surface area contributed by atoms with Crippen molar-refractivity contribution in [2.45, 2.75) is 19.3 Å². The van der Waals surface area contributed by atoms with Gasteiger partial charge in [0.2, 0.25) is 0 Å². The number of amides is 1. The van der Waals surface area contributed by atoms with Crippen LogP contribution in [0.25, 0.3) is 0 Å². The zero-order chi connectivity index (χ0) is 15.7. The molecule has 1 aliphatic rings. The molecule has 6 heteroatoms. The van der Waals surface area contributed by atoms with Crippen LogP contribution >= 0.6 is 0 Å². The lowest BCUT2D eigenvalue weighted by atomic mass is 9.93. The Balaban J connectivity index is 1.87. The topological polar surface area (TPSA) is 71.2 Å². The maximum atomic E-state index is 13.9. The molecule has 114 valence electrons. The number of fused-ring (bicyclic) bond motifs is 1. The number of Topliss-reactive ketones (excluding diaryl/α,β-unsaturated/α-hetero) is 1. The number of carbonyl (C=O) groups excluding carboxylic acids is 2. The van der Waals surface area contributed by atoms with Crippen LogP contribution in [0.1, 0.15) is 39.3 Å².